The van der Waals surface area contributed by atoms with Crippen molar-refractivity contribution in [2.45, 2.75) is 0 Å². The summed E-state index contributed by atoms with van der Waals surface area (Å²) in [5, 5.41) is 2.73. The summed E-state index contributed by atoms with van der Waals surface area (Å²) in [4.78, 5) is 12.3. The molecule has 1 N–H and O–H groups in total. The molecule has 3 rings (SSSR count). The van der Waals surface area contributed by atoms with E-state index in [1.165, 1.54) is 0 Å². The van der Waals surface area contributed by atoms with Crippen molar-refractivity contribution in [1.29, 1.82) is 0 Å². The summed E-state index contributed by atoms with van der Waals surface area (Å²) in [6.07, 6.45) is 0. The fourth-order valence-electron chi connectivity index (χ4n) is 2.65. The normalized spacial score (nSPS) is 10.2. The van der Waals surface area contributed by atoms with Crippen LogP contribution in [-0.2, 0) is 0 Å². The SMILES string of the molecule is CNC(=O)c1cccc(-c2ccccc2)c1-c1ccccc1. The summed E-state index contributed by atoms with van der Waals surface area (Å²) >= 11 is 0. The van der Waals surface area contributed by atoms with Crippen LogP contribution in [0.2, 0.25) is 0 Å². The number of carbonyl (C=O) groups excluding carboxylic acids is 1. The van der Waals surface area contributed by atoms with Gasteiger partial charge >= 0.3 is 0 Å². The van der Waals surface area contributed by atoms with Crippen molar-refractivity contribution in [2.24, 2.45) is 0 Å². The Morgan fingerprint density at radius 3 is 1.91 bits per heavy atom. The van der Waals surface area contributed by atoms with E-state index in [9.17, 15) is 4.79 Å². The van der Waals surface area contributed by atoms with Crippen molar-refractivity contribution in [1.82, 2.24) is 5.32 Å². The molecule has 0 spiro atoms. The Morgan fingerprint density at radius 1 is 0.727 bits per heavy atom. The van der Waals surface area contributed by atoms with Crippen molar-refractivity contribution in [2.75, 3.05) is 7.05 Å². The Kier molecular flexibility index (Phi) is 4.01. The lowest BCUT2D eigenvalue weighted by Gasteiger charge is -2.15. The van der Waals surface area contributed by atoms with Gasteiger partial charge in [0.05, 0.1) is 0 Å². The first-order chi connectivity index (χ1) is 10.8. The number of hydrogen-bond donors (Lipinski definition) is 1. The Bertz CT molecular complexity index is 779. The van der Waals surface area contributed by atoms with Gasteiger partial charge in [0.2, 0.25) is 0 Å². The van der Waals surface area contributed by atoms with Gasteiger partial charge in [0.15, 0.2) is 0 Å². The first-order valence-electron chi connectivity index (χ1n) is 7.27. The predicted molar refractivity (Wildman–Crippen MR) is 90.7 cm³/mol. The minimum absolute atomic E-state index is 0.0726. The molecule has 0 atom stereocenters. The standard InChI is InChI=1S/C20H17NO/c1-21-20(22)18-14-8-13-17(15-9-4-2-5-10-15)19(18)16-11-6-3-7-12-16/h2-14H,1H3,(H,21,22). The predicted octanol–water partition coefficient (Wildman–Crippen LogP) is 4.38. The van der Waals surface area contributed by atoms with Crippen LogP contribution in [0.5, 0.6) is 0 Å². The molecular weight excluding hydrogens is 270 g/mol. The highest BCUT2D eigenvalue weighted by molar-refractivity contribution is 6.04. The van der Waals surface area contributed by atoms with Crippen molar-refractivity contribution in [3.05, 3.63) is 84.4 Å². The lowest BCUT2D eigenvalue weighted by molar-refractivity contribution is 0.0964. The molecule has 0 saturated carbocycles. The summed E-state index contributed by atoms with van der Waals surface area (Å²) in [6.45, 7) is 0. The van der Waals surface area contributed by atoms with E-state index in [1.54, 1.807) is 7.05 Å². The first-order valence-corrected chi connectivity index (χ1v) is 7.27. The molecule has 0 aliphatic rings. The summed E-state index contributed by atoms with van der Waals surface area (Å²) in [7, 11) is 1.66. The zero-order chi connectivity index (χ0) is 15.4. The molecule has 3 aromatic carbocycles. The van der Waals surface area contributed by atoms with Gasteiger partial charge in [-0.25, -0.2) is 0 Å². The molecule has 2 nitrogen and oxygen atoms in total. The molecule has 0 aromatic heterocycles. The Balaban J connectivity index is 2.29. The fourth-order valence-corrected chi connectivity index (χ4v) is 2.65. The van der Waals surface area contributed by atoms with Gasteiger partial charge in [0, 0.05) is 18.2 Å². The number of amides is 1. The molecular formula is C20H17NO. The third kappa shape index (κ3) is 2.63. The Hall–Kier alpha value is -2.87. The van der Waals surface area contributed by atoms with Crippen molar-refractivity contribution in [3.63, 3.8) is 0 Å². The van der Waals surface area contributed by atoms with Gasteiger partial charge in [-0.3, -0.25) is 4.79 Å². The molecule has 0 unspecified atom stereocenters. The lowest BCUT2D eigenvalue weighted by Crippen LogP contribution is -2.19. The van der Waals surface area contributed by atoms with Gasteiger partial charge in [0.1, 0.15) is 0 Å². The van der Waals surface area contributed by atoms with E-state index >= 15 is 0 Å². The van der Waals surface area contributed by atoms with Gasteiger partial charge in [-0.2, -0.15) is 0 Å². The van der Waals surface area contributed by atoms with Crippen LogP contribution in [0.3, 0.4) is 0 Å². The van der Waals surface area contributed by atoms with E-state index in [4.69, 9.17) is 0 Å². The maximum absolute atomic E-state index is 12.3. The van der Waals surface area contributed by atoms with Crippen LogP contribution in [-0.4, -0.2) is 13.0 Å². The van der Waals surface area contributed by atoms with E-state index < -0.39 is 0 Å². The quantitative estimate of drug-likeness (QED) is 0.761. The van der Waals surface area contributed by atoms with E-state index in [-0.39, 0.29) is 5.91 Å². The van der Waals surface area contributed by atoms with E-state index in [0.717, 1.165) is 22.3 Å². The highest BCUT2D eigenvalue weighted by Crippen LogP contribution is 2.34. The van der Waals surface area contributed by atoms with Gasteiger partial charge < -0.3 is 5.32 Å². The van der Waals surface area contributed by atoms with Crippen LogP contribution in [0, 0.1) is 0 Å². The molecule has 2 heteroatoms. The van der Waals surface area contributed by atoms with Crippen molar-refractivity contribution in [3.8, 4) is 22.3 Å². The molecule has 0 heterocycles. The van der Waals surface area contributed by atoms with Crippen LogP contribution in [0.4, 0.5) is 0 Å². The van der Waals surface area contributed by atoms with Gasteiger partial charge in [-0.15, -0.1) is 0 Å². The number of nitrogens with one attached hydrogen (secondary N) is 1. The monoisotopic (exact) mass is 287 g/mol. The van der Waals surface area contributed by atoms with E-state index in [2.05, 4.69) is 23.5 Å². The molecule has 0 aliphatic heterocycles. The maximum atomic E-state index is 12.3. The van der Waals surface area contributed by atoms with Crippen molar-refractivity contribution >= 4 is 5.91 Å². The third-order valence-corrected chi connectivity index (χ3v) is 3.68. The molecule has 22 heavy (non-hydrogen) atoms. The van der Waals surface area contributed by atoms with Gasteiger partial charge in [0.25, 0.3) is 5.91 Å². The number of rotatable bonds is 3. The summed E-state index contributed by atoms with van der Waals surface area (Å²) < 4.78 is 0. The molecule has 0 aliphatic carbocycles. The number of hydrogen-bond acceptors (Lipinski definition) is 1. The molecule has 108 valence electrons. The highest BCUT2D eigenvalue weighted by Gasteiger charge is 2.16. The fraction of sp³-hybridized carbons (Fsp3) is 0.0500. The summed E-state index contributed by atoms with van der Waals surface area (Å²) in [5.41, 5.74) is 4.87. The van der Waals surface area contributed by atoms with Crippen molar-refractivity contribution < 1.29 is 4.79 Å². The third-order valence-electron chi connectivity index (χ3n) is 3.68. The average molecular weight is 287 g/mol. The summed E-state index contributed by atoms with van der Waals surface area (Å²) in [6, 6.07) is 26.0. The smallest absolute Gasteiger partial charge is 0.251 e. The zero-order valence-electron chi connectivity index (χ0n) is 12.4. The summed E-state index contributed by atoms with van der Waals surface area (Å²) in [5.74, 6) is -0.0726. The number of benzene rings is 3. The minimum Gasteiger partial charge on any atom is -0.355 e. The molecule has 3 aromatic rings. The first kappa shape index (κ1) is 14.1. The maximum Gasteiger partial charge on any atom is 0.251 e. The molecule has 1 amide bonds. The Labute approximate surface area is 130 Å². The molecule has 0 saturated heterocycles. The zero-order valence-corrected chi connectivity index (χ0v) is 12.4. The van der Waals surface area contributed by atoms with Crippen LogP contribution in [0.1, 0.15) is 10.4 Å². The largest absolute Gasteiger partial charge is 0.355 e. The van der Waals surface area contributed by atoms with E-state index in [0.29, 0.717) is 5.56 Å². The van der Waals surface area contributed by atoms with Crippen LogP contribution in [0.25, 0.3) is 22.3 Å². The van der Waals surface area contributed by atoms with Crippen LogP contribution in [0.15, 0.2) is 78.9 Å². The molecule has 0 radical (unpaired) electrons. The second kappa shape index (κ2) is 6.27. The van der Waals surface area contributed by atoms with E-state index in [1.807, 2.05) is 60.7 Å². The highest BCUT2D eigenvalue weighted by atomic mass is 16.1. The lowest BCUT2D eigenvalue weighted by atomic mass is 9.90. The average Bonchev–Trinajstić information content (AvgIpc) is 2.62. The van der Waals surface area contributed by atoms with Crippen LogP contribution < -0.4 is 5.32 Å². The molecule has 0 fully saturated rings. The van der Waals surface area contributed by atoms with Gasteiger partial charge in [-0.1, -0.05) is 72.8 Å². The topological polar surface area (TPSA) is 29.1 Å². The molecule has 0 bridgehead atoms. The minimum atomic E-state index is -0.0726. The number of carbonyl (C=O) groups is 1. The Morgan fingerprint density at radius 2 is 1.32 bits per heavy atom. The second-order valence-corrected chi connectivity index (χ2v) is 5.04. The van der Waals surface area contributed by atoms with Gasteiger partial charge in [-0.05, 0) is 22.8 Å². The second-order valence-electron chi connectivity index (χ2n) is 5.04. The van der Waals surface area contributed by atoms with Crippen LogP contribution >= 0.6 is 0 Å².